The molecule has 0 saturated heterocycles. The van der Waals surface area contributed by atoms with Crippen molar-refractivity contribution in [2.75, 3.05) is 0 Å². The van der Waals surface area contributed by atoms with Crippen LogP contribution in [0.15, 0.2) is 35.4 Å². The van der Waals surface area contributed by atoms with E-state index in [4.69, 9.17) is 10.5 Å². The van der Waals surface area contributed by atoms with Gasteiger partial charge in [-0.1, -0.05) is 12.1 Å². The average molecular weight is 353 g/mol. The summed E-state index contributed by atoms with van der Waals surface area (Å²) in [5.74, 6) is 0.423. The SMILES string of the molecule is CC(OC(N)=O)c1nc2cccc(-c3cnn(C)c3)c2c(=O)n1C1CC1. The number of aryl methyl sites for hydroxylation is 1. The van der Waals surface area contributed by atoms with Gasteiger partial charge in [0, 0.05) is 24.8 Å². The summed E-state index contributed by atoms with van der Waals surface area (Å²) in [6.45, 7) is 1.67. The molecule has 8 heteroatoms. The Hall–Kier alpha value is -3.16. The standard InChI is InChI=1S/C18H19N5O3/c1-10(26-18(19)25)16-21-14-5-3-4-13(11-8-20-22(2)9-11)15(14)17(24)23(16)12-6-7-12/h3-5,8-10,12H,6-7H2,1-2H3,(H2,19,25). The van der Waals surface area contributed by atoms with E-state index in [-0.39, 0.29) is 11.6 Å². The van der Waals surface area contributed by atoms with Crippen LogP contribution in [0.5, 0.6) is 0 Å². The van der Waals surface area contributed by atoms with Crippen molar-refractivity contribution in [3.8, 4) is 11.1 Å². The Morgan fingerprint density at radius 2 is 2.15 bits per heavy atom. The maximum atomic E-state index is 13.3. The minimum absolute atomic E-state index is 0.0790. The van der Waals surface area contributed by atoms with Crippen LogP contribution in [0.25, 0.3) is 22.0 Å². The highest BCUT2D eigenvalue weighted by atomic mass is 16.6. The van der Waals surface area contributed by atoms with Gasteiger partial charge in [-0.25, -0.2) is 9.78 Å². The van der Waals surface area contributed by atoms with Gasteiger partial charge in [0.1, 0.15) is 0 Å². The summed E-state index contributed by atoms with van der Waals surface area (Å²) in [5, 5.41) is 4.74. The van der Waals surface area contributed by atoms with Crippen LogP contribution in [-0.4, -0.2) is 25.4 Å². The third kappa shape index (κ3) is 2.73. The van der Waals surface area contributed by atoms with Gasteiger partial charge in [-0.3, -0.25) is 14.0 Å². The minimum Gasteiger partial charge on any atom is -0.439 e. The molecule has 1 saturated carbocycles. The lowest BCUT2D eigenvalue weighted by molar-refractivity contribution is 0.109. The molecule has 0 aliphatic heterocycles. The largest absolute Gasteiger partial charge is 0.439 e. The quantitative estimate of drug-likeness (QED) is 0.775. The lowest BCUT2D eigenvalue weighted by atomic mass is 10.0. The second-order valence-corrected chi connectivity index (χ2v) is 6.56. The molecule has 2 aromatic heterocycles. The van der Waals surface area contributed by atoms with Gasteiger partial charge < -0.3 is 10.5 Å². The molecular weight excluding hydrogens is 334 g/mol. The molecule has 2 N–H and O–H groups in total. The van der Waals surface area contributed by atoms with Crippen molar-refractivity contribution in [2.45, 2.75) is 31.9 Å². The lowest BCUT2D eigenvalue weighted by Crippen LogP contribution is -2.28. The molecule has 0 spiro atoms. The average Bonchev–Trinajstić information content (AvgIpc) is 3.33. The number of carbonyl (C=O) groups is 1. The Kier molecular flexibility index (Phi) is 3.75. The van der Waals surface area contributed by atoms with Crippen molar-refractivity contribution in [3.63, 3.8) is 0 Å². The van der Waals surface area contributed by atoms with Crippen LogP contribution in [-0.2, 0) is 11.8 Å². The van der Waals surface area contributed by atoms with E-state index in [1.54, 1.807) is 28.4 Å². The van der Waals surface area contributed by atoms with E-state index in [9.17, 15) is 9.59 Å². The van der Waals surface area contributed by atoms with E-state index in [0.29, 0.717) is 16.7 Å². The second kappa shape index (κ2) is 5.98. The number of ether oxygens (including phenoxy) is 1. The number of aromatic nitrogens is 4. The molecule has 0 radical (unpaired) electrons. The normalized spacial score (nSPS) is 15.2. The van der Waals surface area contributed by atoms with Crippen molar-refractivity contribution in [2.24, 2.45) is 12.8 Å². The van der Waals surface area contributed by atoms with Crippen LogP contribution in [0.1, 0.15) is 37.7 Å². The Bertz CT molecular complexity index is 1060. The summed E-state index contributed by atoms with van der Waals surface area (Å²) >= 11 is 0. The van der Waals surface area contributed by atoms with Crippen molar-refractivity contribution >= 4 is 17.0 Å². The second-order valence-electron chi connectivity index (χ2n) is 6.56. The van der Waals surface area contributed by atoms with Crippen molar-refractivity contribution in [1.29, 1.82) is 0 Å². The number of rotatable bonds is 4. The first-order valence-corrected chi connectivity index (χ1v) is 8.46. The smallest absolute Gasteiger partial charge is 0.405 e. The van der Waals surface area contributed by atoms with Gasteiger partial charge in [0.05, 0.1) is 17.1 Å². The number of hydrogen-bond acceptors (Lipinski definition) is 5. The summed E-state index contributed by atoms with van der Waals surface area (Å²) in [6, 6.07) is 5.61. The van der Waals surface area contributed by atoms with Crippen LogP contribution in [0.4, 0.5) is 4.79 Å². The minimum atomic E-state index is -0.890. The third-order valence-electron chi connectivity index (χ3n) is 4.54. The van der Waals surface area contributed by atoms with Gasteiger partial charge >= 0.3 is 6.09 Å². The van der Waals surface area contributed by atoms with Gasteiger partial charge in [0.25, 0.3) is 5.56 Å². The van der Waals surface area contributed by atoms with E-state index in [0.717, 1.165) is 24.0 Å². The van der Waals surface area contributed by atoms with Crippen LogP contribution in [0.2, 0.25) is 0 Å². The Morgan fingerprint density at radius 3 is 2.77 bits per heavy atom. The Labute approximate surface area is 149 Å². The highest BCUT2D eigenvalue weighted by molar-refractivity contribution is 5.93. The third-order valence-corrected chi connectivity index (χ3v) is 4.54. The zero-order chi connectivity index (χ0) is 18.4. The number of benzene rings is 1. The van der Waals surface area contributed by atoms with Crippen LogP contribution >= 0.6 is 0 Å². The van der Waals surface area contributed by atoms with Gasteiger partial charge in [-0.05, 0) is 31.4 Å². The lowest BCUT2D eigenvalue weighted by Gasteiger charge is -2.18. The molecule has 1 aliphatic carbocycles. The fourth-order valence-electron chi connectivity index (χ4n) is 3.26. The molecule has 4 rings (SSSR count). The molecule has 1 unspecified atom stereocenters. The van der Waals surface area contributed by atoms with E-state index in [1.165, 1.54) is 0 Å². The first kappa shape index (κ1) is 16.3. The molecule has 1 aromatic carbocycles. The molecule has 3 aromatic rings. The first-order chi connectivity index (χ1) is 12.5. The molecule has 134 valence electrons. The van der Waals surface area contributed by atoms with E-state index in [2.05, 4.69) is 10.1 Å². The zero-order valence-electron chi connectivity index (χ0n) is 14.5. The Balaban J connectivity index is 1.98. The maximum Gasteiger partial charge on any atom is 0.405 e. The highest BCUT2D eigenvalue weighted by Gasteiger charge is 2.31. The van der Waals surface area contributed by atoms with Crippen LogP contribution in [0, 0.1) is 0 Å². The summed E-state index contributed by atoms with van der Waals surface area (Å²) in [4.78, 5) is 29.1. The van der Waals surface area contributed by atoms with Crippen molar-refractivity contribution in [3.05, 3.63) is 46.8 Å². The van der Waals surface area contributed by atoms with Crippen molar-refractivity contribution in [1.82, 2.24) is 19.3 Å². The fraction of sp³-hybridized carbons (Fsp3) is 0.333. The number of nitrogens with zero attached hydrogens (tertiary/aromatic N) is 4. The predicted octanol–water partition coefficient (Wildman–Crippen LogP) is 2.29. The summed E-state index contributed by atoms with van der Waals surface area (Å²) in [5.41, 5.74) is 7.21. The van der Waals surface area contributed by atoms with E-state index in [1.807, 2.05) is 25.4 Å². The molecule has 1 fully saturated rings. The summed E-state index contributed by atoms with van der Waals surface area (Å²) in [6.07, 6.45) is 3.80. The molecule has 1 amide bonds. The topological polar surface area (TPSA) is 105 Å². The summed E-state index contributed by atoms with van der Waals surface area (Å²) < 4.78 is 8.42. The van der Waals surface area contributed by atoms with Crippen molar-refractivity contribution < 1.29 is 9.53 Å². The summed E-state index contributed by atoms with van der Waals surface area (Å²) in [7, 11) is 1.83. The number of amides is 1. The molecule has 1 atom stereocenters. The fourth-order valence-corrected chi connectivity index (χ4v) is 3.26. The van der Waals surface area contributed by atoms with Crippen LogP contribution < -0.4 is 11.3 Å². The van der Waals surface area contributed by atoms with Gasteiger partial charge in [-0.2, -0.15) is 5.10 Å². The Morgan fingerprint density at radius 1 is 1.38 bits per heavy atom. The van der Waals surface area contributed by atoms with Gasteiger partial charge in [0.15, 0.2) is 11.9 Å². The molecule has 1 aliphatic rings. The van der Waals surface area contributed by atoms with E-state index >= 15 is 0 Å². The molecule has 2 heterocycles. The zero-order valence-corrected chi connectivity index (χ0v) is 14.5. The van der Waals surface area contributed by atoms with Gasteiger partial charge in [-0.15, -0.1) is 0 Å². The number of hydrogen-bond donors (Lipinski definition) is 1. The highest BCUT2D eigenvalue weighted by Crippen LogP contribution is 2.37. The first-order valence-electron chi connectivity index (χ1n) is 8.46. The molecule has 26 heavy (non-hydrogen) atoms. The predicted molar refractivity (Wildman–Crippen MR) is 95.6 cm³/mol. The van der Waals surface area contributed by atoms with Gasteiger partial charge in [0.2, 0.25) is 0 Å². The van der Waals surface area contributed by atoms with Crippen LogP contribution in [0.3, 0.4) is 0 Å². The van der Waals surface area contributed by atoms with E-state index < -0.39 is 12.2 Å². The molecule has 0 bridgehead atoms. The molecule has 8 nitrogen and oxygen atoms in total. The number of carbonyl (C=O) groups excluding carboxylic acids is 1. The number of primary amides is 1. The maximum absolute atomic E-state index is 13.3. The number of nitrogens with two attached hydrogens (primary N) is 1. The monoisotopic (exact) mass is 353 g/mol. The number of fused-ring (bicyclic) bond motifs is 1. The molecular formula is C18H19N5O3.